The van der Waals surface area contributed by atoms with Crippen molar-refractivity contribution in [2.75, 3.05) is 0 Å². The molecule has 0 aliphatic carbocycles. The zero-order valence-corrected chi connectivity index (χ0v) is 13.1. The maximum absolute atomic E-state index is 11.1. The Morgan fingerprint density at radius 2 is 1.09 bits per heavy atom. The third kappa shape index (κ3) is 2.64. The van der Waals surface area contributed by atoms with Crippen molar-refractivity contribution in [1.82, 2.24) is 9.97 Å². The second-order valence-corrected chi connectivity index (χ2v) is 5.57. The monoisotopic (exact) mass is 304 g/mol. The van der Waals surface area contributed by atoms with Gasteiger partial charge in [0.2, 0.25) is 0 Å². The van der Waals surface area contributed by atoms with E-state index in [-0.39, 0.29) is 11.4 Å². The number of hydrogen-bond acceptors (Lipinski definition) is 2. The molecule has 0 saturated carbocycles. The van der Waals surface area contributed by atoms with E-state index in [0.29, 0.717) is 12.8 Å². The Bertz CT molecular complexity index is 689. The van der Waals surface area contributed by atoms with Crippen molar-refractivity contribution in [2.24, 2.45) is 0 Å². The minimum absolute atomic E-state index is 0.223. The lowest BCUT2D eigenvalue weighted by Gasteiger charge is -2.05. The van der Waals surface area contributed by atoms with Gasteiger partial charge in [0.1, 0.15) is 11.4 Å². The van der Waals surface area contributed by atoms with Gasteiger partial charge in [0, 0.05) is 11.4 Å². The van der Waals surface area contributed by atoms with E-state index in [4.69, 9.17) is 10.2 Å². The fourth-order valence-corrected chi connectivity index (χ4v) is 3.01. The van der Waals surface area contributed by atoms with Crippen molar-refractivity contribution in [3.8, 4) is 0 Å². The van der Waals surface area contributed by atoms with Crippen LogP contribution in [0.2, 0.25) is 0 Å². The molecule has 0 saturated heterocycles. The first-order valence-electron chi connectivity index (χ1n) is 7.06. The van der Waals surface area contributed by atoms with E-state index in [2.05, 4.69) is 9.97 Å². The van der Waals surface area contributed by atoms with E-state index in [1.165, 1.54) is 0 Å². The first-order chi connectivity index (χ1) is 10.2. The quantitative estimate of drug-likeness (QED) is 0.681. The van der Waals surface area contributed by atoms with Crippen molar-refractivity contribution >= 4 is 11.9 Å². The van der Waals surface area contributed by atoms with Crippen molar-refractivity contribution in [1.29, 1.82) is 0 Å². The molecule has 0 amide bonds. The molecule has 4 N–H and O–H groups in total. The van der Waals surface area contributed by atoms with Crippen LogP contribution < -0.4 is 0 Å². The topological polar surface area (TPSA) is 106 Å². The van der Waals surface area contributed by atoms with Gasteiger partial charge in [0.05, 0.1) is 0 Å². The maximum Gasteiger partial charge on any atom is 0.352 e. The fourth-order valence-electron chi connectivity index (χ4n) is 3.01. The number of aromatic amines is 2. The summed E-state index contributed by atoms with van der Waals surface area (Å²) in [6, 6.07) is 0. The van der Waals surface area contributed by atoms with E-state index < -0.39 is 11.9 Å². The molecule has 0 aliphatic rings. The molecule has 2 aromatic heterocycles. The largest absolute Gasteiger partial charge is 0.477 e. The Hall–Kier alpha value is -2.50. The smallest absolute Gasteiger partial charge is 0.352 e. The number of carboxylic acid groups (broad SMARTS) is 2. The first kappa shape index (κ1) is 15.9. The summed E-state index contributed by atoms with van der Waals surface area (Å²) in [7, 11) is 0. The second-order valence-electron chi connectivity index (χ2n) is 5.57. The molecule has 0 bridgehead atoms. The summed E-state index contributed by atoms with van der Waals surface area (Å²) in [6.07, 6.45) is 1.33. The van der Waals surface area contributed by atoms with Crippen LogP contribution in [0.25, 0.3) is 0 Å². The number of carbonyl (C=O) groups is 2. The number of aromatic carboxylic acids is 2. The molecule has 0 fully saturated rings. The standard InChI is InChI=1S/C16H20N2O4/c1-7-11(9(3)17-13(7)15(19)20)5-6-12-8(2)14(16(21)22)18-10(12)4/h17-18H,5-6H2,1-4H3,(H,19,20)(H,21,22). The highest BCUT2D eigenvalue weighted by molar-refractivity contribution is 5.88. The van der Waals surface area contributed by atoms with E-state index in [1.54, 1.807) is 13.8 Å². The van der Waals surface area contributed by atoms with Crippen LogP contribution in [-0.4, -0.2) is 32.1 Å². The molecule has 0 spiro atoms. The fraction of sp³-hybridized carbons (Fsp3) is 0.375. The van der Waals surface area contributed by atoms with Crippen molar-refractivity contribution < 1.29 is 19.8 Å². The van der Waals surface area contributed by atoms with Crippen molar-refractivity contribution in [3.63, 3.8) is 0 Å². The summed E-state index contributed by atoms with van der Waals surface area (Å²) >= 11 is 0. The average Bonchev–Trinajstić information content (AvgIpc) is 2.86. The molecule has 2 heterocycles. The van der Waals surface area contributed by atoms with Crippen molar-refractivity contribution in [2.45, 2.75) is 40.5 Å². The average molecular weight is 304 g/mol. The summed E-state index contributed by atoms with van der Waals surface area (Å²) in [5, 5.41) is 18.3. The van der Waals surface area contributed by atoms with Crippen LogP contribution in [0.15, 0.2) is 0 Å². The van der Waals surface area contributed by atoms with Gasteiger partial charge in [-0.05, 0) is 62.8 Å². The maximum atomic E-state index is 11.1. The predicted octanol–water partition coefficient (Wildman–Crippen LogP) is 2.76. The summed E-state index contributed by atoms with van der Waals surface area (Å²) in [4.78, 5) is 28.1. The number of hydrogen-bond donors (Lipinski definition) is 4. The second kappa shape index (κ2) is 5.71. The highest BCUT2D eigenvalue weighted by atomic mass is 16.4. The summed E-state index contributed by atoms with van der Waals surface area (Å²) < 4.78 is 0. The first-order valence-corrected chi connectivity index (χ1v) is 7.06. The van der Waals surface area contributed by atoms with E-state index >= 15 is 0 Å². The number of rotatable bonds is 5. The molecule has 0 radical (unpaired) electrons. The molecular weight excluding hydrogens is 284 g/mol. The van der Waals surface area contributed by atoms with Crippen LogP contribution in [0.5, 0.6) is 0 Å². The van der Waals surface area contributed by atoms with Gasteiger partial charge in [-0.3, -0.25) is 0 Å². The Balaban J connectivity index is 2.28. The van der Waals surface area contributed by atoms with Gasteiger partial charge < -0.3 is 20.2 Å². The Morgan fingerprint density at radius 1 is 0.773 bits per heavy atom. The van der Waals surface area contributed by atoms with E-state index in [0.717, 1.165) is 33.6 Å². The van der Waals surface area contributed by atoms with E-state index in [1.807, 2.05) is 13.8 Å². The Labute approximate surface area is 128 Å². The molecule has 2 rings (SSSR count). The lowest BCUT2D eigenvalue weighted by Crippen LogP contribution is -2.01. The highest BCUT2D eigenvalue weighted by Crippen LogP contribution is 2.23. The van der Waals surface area contributed by atoms with Crippen LogP contribution >= 0.6 is 0 Å². The summed E-state index contributed by atoms with van der Waals surface area (Å²) in [5.41, 5.74) is 5.59. The molecular formula is C16H20N2O4. The summed E-state index contributed by atoms with van der Waals surface area (Å²) in [6.45, 7) is 7.30. The third-order valence-electron chi connectivity index (χ3n) is 4.24. The molecule has 0 aromatic carbocycles. The molecule has 6 heteroatoms. The molecule has 6 nitrogen and oxygen atoms in total. The SMILES string of the molecule is Cc1[nH]c(C(=O)O)c(C)c1CCc1c(C)[nH]c(C(=O)O)c1C. The van der Waals surface area contributed by atoms with Gasteiger partial charge in [-0.2, -0.15) is 0 Å². The van der Waals surface area contributed by atoms with Gasteiger partial charge in [-0.1, -0.05) is 0 Å². The number of carboxylic acids is 2. The Kier molecular flexibility index (Phi) is 4.12. The van der Waals surface area contributed by atoms with E-state index in [9.17, 15) is 9.59 Å². The molecule has 22 heavy (non-hydrogen) atoms. The Morgan fingerprint density at radius 3 is 1.32 bits per heavy atom. The molecule has 0 unspecified atom stereocenters. The van der Waals surface area contributed by atoms with Crippen LogP contribution in [0, 0.1) is 27.7 Å². The lowest BCUT2D eigenvalue weighted by atomic mass is 9.98. The van der Waals surface area contributed by atoms with Crippen LogP contribution in [0.1, 0.15) is 54.6 Å². The highest BCUT2D eigenvalue weighted by Gasteiger charge is 2.19. The third-order valence-corrected chi connectivity index (χ3v) is 4.24. The lowest BCUT2D eigenvalue weighted by molar-refractivity contribution is 0.0679. The van der Waals surface area contributed by atoms with Crippen LogP contribution in [0.3, 0.4) is 0 Å². The van der Waals surface area contributed by atoms with Crippen molar-refractivity contribution in [3.05, 3.63) is 45.0 Å². The van der Waals surface area contributed by atoms with Crippen LogP contribution in [-0.2, 0) is 12.8 Å². The molecule has 2 aromatic rings. The predicted molar refractivity (Wildman–Crippen MR) is 81.9 cm³/mol. The zero-order chi connectivity index (χ0) is 16.6. The minimum atomic E-state index is -0.964. The van der Waals surface area contributed by atoms with Gasteiger partial charge >= 0.3 is 11.9 Å². The van der Waals surface area contributed by atoms with Gasteiger partial charge in [0.15, 0.2) is 0 Å². The minimum Gasteiger partial charge on any atom is -0.477 e. The molecule has 118 valence electrons. The molecule has 0 aliphatic heterocycles. The van der Waals surface area contributed by atoms with Crippen LogP contribution in [0.4, 0.5) is 0 Å². The normalized spacial score (nSPS) is 10.9. The zero-order valence-electron chi connectivity index (χ0n) is 13.1. The molecule has 0 atom stereocenters. The summed E-state index contributed by atoms with van der Waals surface area (Å²) in [5.74, 6) is -1.93. The number of aryl methyl sites for hydroxylation is 2. The van der Waals surface area contributed by atoms with Gasteiger partial charge in [-0.15, -0.1) is 0 Å². The number of nitrogens with one attached hydrogen (secondary N) is 2. The number of aromatic nitrogens is 2. The van der Waals surface area contributed by atoms with Gasteiger partial charge in [-0.25, -0.2) is 9.59 Å². The van der Waals surface area contributed by atoms with Gasteiger partial charge in [0.25, 0.3) is 0 Å². The number of H-pyrrole nitrogens is 2.